The average molecular weight is 306 g/mol. The molecule has 1 N–H and O–H groups in total. The first-order valence-electron chi connectivity index (χ1n) is 7.05. The van der Waals surface area contributed by atoms with Gasteiger partial charge in [-0.3, -0.25) is 14.2 Å². The van der Waals surface area contributed by atoms with Crippen LogP contribution in [-0.4, -0.2) is 21.7 Å². The lowest BCUT2D eigenvalue weighted by Gasteiger charge is -2.05. The topological polar surface area (TPSA) is 76.3 Å². The zero-order valence-electron chi connectivity index (χ0n) is 12.2. The SMILES string of the molecule is O=C(Cn1cnc2ccccc2c1=O)N/N=C/c1ccccc1. The molecule has 3 aromatic rings. The number of fused-ring (bicyclic) bond motifs is 1. The number of rotatable bonds is 4. The molecule has 0 bridgehead atoms. The van der Waals surface area contributed by atoms with Crippen LogP contribution in [0.1, 0.15) is 5.56 Å². The number of hydrogen-bond acceptors (Lipinski definition) is 4. The Morgan fingerprint density at radius 2 is 1.87 bits per heavy atom. The lowest BCUT2D eigenvalue weighted by molar-refractivity contribution is -0.121. The van der Waals surface area contributed by atoms with Gasteiger partial charge >= 0.3 is 0 Å². The van der Waals surface area contributed by atoms with Crippen molar-refractivity contribution in [2.75, 3.05) is 0 Å². The number of amides is 1. The maximum absolute atomic E-state index is 12.3. The zero-order chi connectivity index (χ0) is 16.1. The summed E-state index contributed by atoms with van der Waals surface area (Å²) in [6.07, 6.45) is 2.91. The van der Waals surface area contributed by atoms with E-state index in [4.69, 9.17) is 0 Å². The van der Waals surface area contributed by atoms with Crippen molar-refractivity contribution >= 4 is 23.0 Å². The third-order valence-corrected chi connectivity index (χ3v) is 3.25. The third-order valence-electron chi connectivity index (χ3n) is 3.25. The molecule has 6 heteroatoms. The van der Waals surface area contributed by atoms with Crippen molar-refractivity contribution in [3.63, 3.8) is 0 Å². The van der Waals surface area contributed by atoms with E-state index in [-0.39, 0.29) is 12.1 Å². The molecular weight excluding hydrogens is 292 g/mol. The smallest absolute Gasteiger partial charge is 0.261 e. The van der Waals surface area contributed by atoms with Crippen LogP contribution in [0.5, 0.6) is 0 Å². The van der Waals surface area contributed by atoms with Crippen molar-refractivity contribution < 1.29 is 4.79 Å². The Bertz CT molecular complexity index is 917. The molecule has 0 spiro atoms. The molecule has 114 valence electrons. The predicted octanol–water partition coefficient (Wildman–Crippen LogP) is 1.55. The summed E-state index contributed by atoms with van der Waals surface area (Å²) in [6, 6.07) is 16.4. The van der Waals surface area contributed by atoms with Gasteiger partial charge in [0.1, 0.15) is 6.54 Å². The van der Waals surface area contributed by atoms with E-state index in [9.17, 15) is 9.59 Å². The molecule has 6 nitrogen and oxygen atoms in total. The van der Waals surface area contributed by atoms with Gasteiger partial charge in [-0.2, -0.15) is 5.10 Å². The van der Waals surface area contributed by atoms with Crippen LogP contribution in [0.4, 0.5) is 0 Å². The molecule has 0 fully saturated rings. The van der Waals surface area contributed by atoms with Crippen LogP contribution >= 0.6 is 0 Å². The third kappa shape index (κ3) is 3.49. The predicted molar refractivity (Wildman–Crippen MR) is 88.2 cm³/mol. The average Bonchev–Trinajstić information content (AvgIpc) is 2.59. The van der Waals surface area contributed by atoms with Gasteiger partial charge in [0.25, 0.3) is 11.5 Å². The molecule has 0 aliphatic carbocycles. The van der Waals surface area contributed by atoms with Gasteiger partial charge in [0.05, 0.1) is 23.4 Å². The summed E-state index contributed by atoms with van der Waals surface area (Å²) < 4.78 is 1.26. The highest BCUT2D eigenvalue weighted by atomic mass is 16.2. The maximum Gasteiger partial charge on any atom is 0.261 e. The number of nitrogens with zero attached hydrogens (tertiary/aromatic N) is 3. The Morgan fingerprint density at radius 3 is 2.70 bits per heavy atom. The van der Waals surface area contributed by atoms with Gasteiger partial charge in [0.15, 0.2) is 0 Å². The number of para-hydroxylation sites is 1. The molecule has 1 aromatic heterocycles. The largest absolute Gasteiger partial charge is 0.289 e. The fourth-order valence-corrected chi connectivity index (χ4v) is 2.13. The number of carbonyl (C=O) groups is 1. The number of hydrazone groups is 1. The van der Waals surface area contributed by atoms with Crippen molar-refractivity contribution in [1.82, 2.24) is 15.0 Å². The Morgan fingerprint density at radius 1 is 1.13 bits per heavy atom. The molecule has 0 atom stereocenters. The summed E-state index contributed by atoms with van der Waals surface area (Å²) in [5.41, 5.74) is 3.63. The van der Waals surface area contributed by atoms with E-state index in [1.54, 1.807) is 24.4 Å². The summed E-state index contributed by atoms with van der Waals surface area (Å²) in [7, 11) is 0. The van der Waals surface area contributed by atoms with Crippen LogP contribution in [-0.2, 0) is 11.3 Å². The molecule has 0 saturated carbocycles. The van der Waals surface area contributed by atoms with E-state index >= 15 is 0 Å². The van der Waals surface area contributed by atoms with Gasteiger partial charge in [-0.25, -0.2) is 10.4 Å². The maximum atomic E-state index is 12.3. The lowest BCUT2D eigenvalue weighted by atomic mass is 10.2. The fraction of sp³-hybridized carbons (Fsp3) is 0.0588. The number of aromatic nitrogens is 2. The minimum absolute atomic E-state index is 0.136. The molecule has 0 aliphatic heterocycles. The Kier molecular flexibility index (Phi) is 4.24. The first kappa shape index (κ1) is 14.6. The van der Waals surface area contributed by atoms with Crippen molar-refractivity contribution in [2.24, 2.45) is 5.10 Å². The number of nitrogens with one attached hydrogen (secondary N) is 1. The van der Waals surface area contributed by atoms with Crippen LogP contribution in [0.2, 0.25) is 0 Å². The second kappa shape index (κ2) is 6.65. The van der Waals surface area contributed by atoms with Gasteiger partial charge in [0, 0.05) is 0 Å². The minimum atomic E-state index is -0.392. The Balaban J connectivity index is 1.70. The first-order chi connectivity index (χ1) is 11.2. The highest BCUT2D eigenvalue weighted by Gasteiger charge is 2.06. The van der Waals surface area contributed by atoms with Crippen molar-refractivity contribution in [3.8, 4) is 0 Å². The molecular formula is C17H14N4O2. The standard InChI is InChI=1S/C17H14N4O2/c22-16(20-19-10-13-6-2-1-3-7-13)11-21-12-18-15-9-5-4-8-14(15)17(21)23/h1-10,12H,11H2,(H,20,22)/b19-10+. The highest BCUT2D eigenvalue weighted by molar-refractivity contribution is 5.82. The van der Waals surface area contributed by atoms with E-state index in [1.807, 2.05) is 36.4 Å². The summed E-state index contributed by atoms with van der Waals surface area (Å²) in [5.74, 6) is -0.392. The van der Waals surface area contributed by atoms with Crippen LogP contribution in [0.3, 0.4) is 0 Å². The second-order valence-electron chi connectivity index (χ2n) is 4.90. The molecule has 0 saturated heterocycles. The molecule has 0 aliphatic rings. The summed E-state index contributed by atoms with van der Waals surface area (Å²) in [4.78, 5) is 28.3. The molecule has 23 heavy (non-hydrogen) atoms. The molecule has 1 amide bonds. The molecule has 0 unspecified atom stereocenters. The lowest BCUT2D eigenvalue weighted by Crippen LogP contribution is -2.30. The van der Waals surface area contributed by atoms with Crippen LogP contribution in [0, 0.1) is 0 Å². The highest BCUT2D eigenvalue weighted by Crippen LogP contribution is 2.04. The monoisotopic (exact) mass is 306 g/mol. The van der Waals surface area contributed by atoms with Crippen molar-refractivity contribution in [2.45, 2.75) is 6.54 Å². The molecule has 2 aromatic carbocycles. The first-order valence-corrected chi connectivity index (χ1v) is 7.05. The van der Waals surface area contributed by atoms with Crippen molar-refractivity contribution in [3.05, 3.63) is 76.8 Å². The number of hydrogen-bond donors (Lipinski definition) is 1. The number of carbonyl (C=O) groups excluding carboxylic acids is 1. The van der Waals surface area contributed by atoms with E-state index in [2.05, 4.69) is 15.5 Å². The normalized spacial score (nSPS) is 11.0. The summed E-state index contributed by atoms with van der Waals surface area (Å²) in [5, 5.41) is 4.35. The Labute approximate surface area is 132 Å². The minimum Gasteiger partial charge on any atom is -0.289 e. The van der Waals surface area contributed by atoms with Crippen LogP contribution in [0.25, 0.3) is 10.9 Å². The van der Waals surface area contributed by atoms with E-state index in [1.165, 1.54) is 10.9 Å². The quantitative estimate of drug-likeness (QED) is 0.587. The van der Waals surface area contributed by atoms with Gasteiger partial charge in [0.2, 0.25) is 0 Å². The van der Waals surface area contributed by atoms with Crippen LogP contribution in [0.15, 0.2) is 70.8 Å². The van der Waals surface area contributed by atoms with Crippen molar-refractivity contribution in [1.29, 1.82) is 0 Å². The second-order valence-corrected chi connectivity index (χ2v) is 4.90. The van der Waals surface area contributed by atoms with Gasteiger partial charge in [-0.05, 0) is 17.7 Å². The molecule has 0 radical (unpaired) electrons. The fourth-order valence-electron chi connectivity index (χ4n) is 2.13. The van der Waals surface area contributed by atoms with E-state index in [0.29, 0.717) is 10.9 Å². The number of benzene rings is 2. The zero-order valence-corrected chi connectivity index (χ0v) is 12.2. The van der Waals surface area contributed by atoms with Crippen LogP contribution < -0.4 is 11.0 Å². The Hall–Kier alpha value is -3.28. The molecule has 3 rings (SSSR count). The van der Waals surface area contributed by atoms with Gasteiger partial charge in [-0.15, -0.1) is 0 Å². The van der Waals surface area contributed by atoms with Gasteiger partial charge < -0.3 is 0 Å². The van der Waals surface area contributed by atoms with E-state index < -0.39 is 5.91 Å². The summed E-state index contributed by atoms with van der Waals surface area (Å²) >= 11 is 0. The van der Waals surface area contributed by atoms with Gasteiger partial charge in [-0.1, -0.05) is 42.5 Å². The van der Waals surface area contributed by atoms with E-state index in [0.717, 1.165) is 5.56 Å². The summed E-state index contributed by atoms with van der Waals surface area (Å²) in [6.45, 7) is -0.136. The molecule has 1 heterocycles.